The highest BCUT2D eigenvalue weighted by Gasteiger charge is 2.25. The summed E-state index contributed by atoms with van der Waals surface area (Å²) in [6.45, 7) is 2.48. The van der Waals surface area contributed by atoms with E-state index in [1.807, 2.05) is 6.92 Å². The summed E-state index contributed by atoms with van der Waals surface area (Å²) < 4.78 is 16.1. The number of hydrogen-bond acceptors (Lipinski definition) is 8. The van der Waals surface area contributed by atoms with Gasteiger partial charge in [0, 0.05) is 21.7 Å². The molecule has 2 aromatic rings. The first-order valence-corrected chi connectivity index (χ1v) is 11.2. The fraction of sp³-hybridized carbons (Fsp3) is 0.182. The monoisotopic (exact) mass is 507 g/mol. The first-order valence-electron chi connectivity index (χ1n) is 9.63. The Balaban J connectivity index is 1.70. The van der Waals surface area contributed by atoms with Crippen LogP contribution in [-0.2, 0) is 20.9 Å². The van der Waals surface area contributed by atoms with Crippen LogP contribution < -0.4 is 14.8 Å². The van der Waals surface area contributed by atoms with E-state index >= 15 is 0 Å². The lowest BCUT2D eigenvalue weighted by Crippen LogP contribution is -2.19. The van der Waals surface area contributed by atoms with Crippen molar-refractivity contribution in [1.29, 1.82) is 0 Å². The molecular formula is C22H19Cl2N3O5S. The topological polar surface area (TPSA) is 98.6 Å². The number of amides is 1. The third-order valence-electron chi connectivity index (χ3n) is 4.16. The van der Waals surface area contributed by atoms with Gasteiger partial charge in [-0.3, -0.25) is 10.1 Å². The summed E-state index contributed by atoms with van der Waals surface area (Å²) in [6.07, 6.45) is 2.59. The molecule has 2 aromatic carbocycles. The number of nitrogens with zero attached hydrogens (tertiary/aromatic N) is 2. The summed E-state index contributed by atoms with van der Waals surface area (Å²) in [5.41, 5.74) is 1.38. The Morgan fingerprint density at radius 1 is 1.15 bits per heavy atom. The Morgan fingerprint density at radius 2 is 1.91 bits per heavy atom. The van der Waals surface area contributed by atoms with Gasteiger partial charge in [-0.05, 0) is 54.6 Å². The van der Waals surface area contributed by atoms with E-state index in [1.165, 1.54) is 13.3 Å². The maximum atomic E-state index is 11.8. The largest absolute Gasteiger partial charge is 0.490 e. The Morgan fingerprint density at radius 3 is 2.61 bits per heavy atom. The van der Waals surface area contributed by atoms with Gasteiger partial charge in [-0.15, -0.1) is 5.10 Å². The van der Waals surface area contributed by atoms with Crippen molar-refractivity contribution in [3.05, 3.63) is 68.6 Å². The fourth-order valence-corrected chi connectivity index (χ4v) is 3.85. The maximum Gasteiger partial charge on any atom is 0.331 e. The van der Waals surface area contributed by atoms with Gasteiger partial charge in [0.2, 0.25) is 0 Å². The van der Waals surface area contributed by atoms with Crippen molar-refractivity contribution in [3.8, 4) is 11.5 Å². The van der Waals surface area contributed by atoms with E-state index in [0.29, 0.717) is 39.3 Å². The van der Waals surface area contributed by atoms with Crippen molar-refractivity contribution in [2.24, 2.45) is 10.2 Å². The molecule has 1 aliphatic heterocycles. The summed E-state index contributed by atoms with van der Waals surface area (Å²) in [4.78, 5) is 23.3. The normalized spacial score (nSPS) is 15.8. The minimum atomic E-state index is -0.625. The Kier molecular flexibility index (Phi) is 8.76. The summed E-state index contributed by atoms with van der Waals surface area (Å²) in [6, 6.07) is 10.5. The Labute approximate surface area is 204 Å². The maximum absolute atomic E-state index is 11.8. The standard InChI is InChI=1S/C22H19Cl2N3O5S/c1-3-31-18-9-13(7-8-17(18)32-12-14-15(23)5-4-6-16(14)24)11-25-27-22-26-21(29)19(33-22)10-20(28)30-2/h4-11H,3,12H2,1-2H3,(H,26,27,29)/b19-10+,25-11?. The molecule has 0 bridgehead atoms. The summed E-state index contributed by atoms with van der Waals surface area (Å²) in [5.74, 6) is -0.0327. The SMILES string of the molecule is CCOc1cc(C=N/N=C2/NC(=O)/C(=C\C(=O)OC)S2)ccc1OCc1c(Cl)cccc1Cl. The number of carbonyl (C=O) groups excluding carboxylic acids is 2. The third-order valence-corrected chi connectivity index (χ3v) is 5.77. The van der Waals surface area contributed by atoms with Crippen LogP contribution in [0.25, 0.3) is 0 Å². The van der Waals surface area contributed by atoms with Gasteiger partial charge in [0.15, 0.2) is 16.7 Å². The molecule has 172 valence electrons. The molecule has 1 fully saturated rings. The number of carbonyl (C=O) groups is 2. The van der Waals surface area contributed by atoms with Crippen molar-refractivity contribution in [1.82, 2.24) is 5.32 Å². The van der Waals surface area contributed by atoms with Gasteiger partial charge in [0.05, 0.1) is 24.8 Å². The number of halogens is 2. The second kappa shape index (κ2) is 11.7. The van der Waals surface area contributed by atoms with Gasteiger partial charge in [-0.25, -0.2) is 4.79 Å². The van der Waals surface area contributed by atoms with Gasteiger partial charge >= 0.3 is 5.97 Å². The number of nitrogens with one attached hydrogen (secondary N) is 1. The number of esters is 1. The molecule has 1 saturated heterocycles. The lowest BCUT2D eigenvalue weighted by atomic mass is 10.2. The van der Waals surface area contributed by atoms with Gasteiger partial charge in [-0.2, -0.15) is 5.10 Å². The minimum Gasteiger partial charge on any atom is -0.490 e. The van der Waals surface area contributed by atoms with Crippen molar-refractivity contribution in [2.75, 3.05) is 13.7 Å². The number of amidine groups is 1. The van der Waals surface area contributed by atoms with E-state index in [2.05, 4.69) is 20.3 Å². The first kappa shape index (κ1) is 24.6. The second-order valence-corrected chi connectivity index (χ2v) is 8.21. The molecule has 3 rings (SSSR count). The number of rotatable bonds is 8. The van der Waals surface area contributed by atoms with E-state index in [1.54, 1.807) is 36.4 Å². The number of ether oxygens (including phenoxy) is 3. The Bertz CT molecular complexity index is 1130. The molecule has 1 amide bonds. The number of methoxy groups -OCH3 is 1. The van der Waals surface area contributed by atoms with Crippen LogP contribution in [0.5, 0.6) is 11.5 Å². The average Bonchev–Trinajstić information content (AvgIpc) is 3.13. The van der Waals surface area contributed by atoms with E-state index < -0.39 is 11.9 Å². The Hall–Kier alpha value is -3.01. The summed E-state index contributed by atoms with van der Waals surface area (Å²) in [7, 11) is 1.23. The van der Waals surface area contributed by atoms with Crippen molar-refractivity contribution < 1.29 is 23.8 Å². The van der Waals surface area contributed by atoms with Gasteiger partial charge < -0.3 is 14.2 Å². The summed E-state index contributed by atoms with van der Waals surface area (Å²) in [5, 5.41) is 11.8. The smallest absolute Gasteiger partial charge is 0.331 e. The number of benzene rings is 2. The molecule has 8 nitrogen and oxygen atoms in total. The average molecular weight is 508 g/mol. The lowest BCUT2D eigenvalue weighted by Gasteiger charge is -2.14. The van der Waals surface area contributed by atoms with Crippen LogP contribution in [-0.4, -0.2) is 37.0 Å². The van der Waals surface area contributed by atoms with Gasteiger partial charge in [0.1, 0.15) is 6.61 Å². The third kappa shape index (κ3) is 6.74. The van der Waals surface area contributed by atoms with Crippen LogP contribution in [0.1, 0.15) is 18.1 Å². The van der Waals surface area contributed by atoms with Crippen LogP contribution >= 0.6 is 35.0 Å². The summed E-state index contributed by atoms with van der Waals surface area (Å²) >= 11 is 13.4. The predicted molar refractivity (Wildman–Crippen MR) is 129 cm³/mol. The van der Waals surface area contributed by atoms with Gasteiger partial charge in [0.25, 0.3) is 5.91 Å². The van der Waals surface area contributed by atoms with Crippen LogP contribution in [0.3, 0.4) is 0 Å². The highest BCUT2D eigenvalue weighted by molar-refractivity contribution is 8.18. The molecule has 1 heterocycles. The predicted octanol–water partition coefficient (Wildman–Crippen LogP) is 4.58. The fourth-order valence-electron chi connectivity index (χ4n) is 2.60. The molecule has 33 heavy (non-hydrogen) atoms. The highest BCUT2D eigenvalue weighted by Crippen LogP contribution is 2.31. The van der Waals surface area contributed by atoms with Crippen LogP contribution in [0.4, 0.5) is 0 Å². The lowest BCUT2D eigenvalue weighted by molar-refractivity contribution is -0.135. The van der Waals surface area contributed by atoms with Crippen molar-refractivity contribution >= 4 is 58.2 Å². The molecule has 0 unspecified atom stereocenters. The number of hydrogen-bond donors (Lipinski definition) is 1. The van der Waals surface area contributed by atoms with Crippen molar-refractivity contribution in [2.45, 2.75) is 13.5 Å². The molecule has 0 aliphatic carbocycles. The van der Waals surface area contributed by atoms with Crippen LogP contribution in [0.15, 0.2) is 57.6 Å². The van der Waals surface area contributed by atoms with Crippen LogP contribution in [0, 0.1) is 0 Å². The van der Waals surface area contributed by atoms with E-state index in [9.17, 15) is 9.59 Å². The zero-order valence-corrected chi connectivity index (χ0v) is 20.0. The minimum absolute atomic E-state index is 0.176. The molecular weight excluding hydrogens is 489 g/mol. The molecule has 0 saturated carbocycles. The molecule has 0 radical (unpaired) electrons. The van der Waals surface area contributed by atoms with E-state index in [4.69, 9.17) is 32.7 Å². The van der Waals surface area contributed by atoms with E-state index in [-0.39, 0.29) is 16.7 Å². The van der Waals surface area contributed by atoms with Gasteiger partial charge in [-0.1, -0.05) is 29.3 Å². The number of thioether (sulfide) groups is 1. The molecule has 0 aromatic heterocycles. The van der Waals surface area contributed by atoms with E-state index in [0.717, 1.165) is 17.8 Å². The second-order valence-electron chi connectivity index (χ2n) is 6.37. The zero-order valence-electron chi connectivity index (χ0n) is 17.6. The molecule has 0 spiro atoms. The highest BCUT2D eigenvalue weighted by atomic mass is 35.5. The molecule has 1 N–H and O–H groups in total. The molecule has 0 atom stereocenters. The van der Waals surface area contributed by atoms with Crippen LogP contribution in [0.2, 0.25) is 10.0 Å². The quantitative estimate of drug-likeness (QED) is 0.243. The molecule has 11 heteroatoms. The zero-order chi connectivity index (χ0) is 23.8. The van der Waals surface area contributed by atoms with Crippen molar-refractivity contribution in [3.63, 3.8) is 0 Å². The first-order chi connectivity index (χ1) is 15.9. The molecule has 1 aliphatic rings.